The second kappa shape index (κ2) is 10.4. The molecular formula is C42H24N4O2. The van der Waals surface area contributed by atoms with E-state index in [0.29, 0.717) is 23.1 Å². The summed E-state index contributed by atoms with van der Waals surface area (Å²) in [4.78, 5) is 19.7. The minimum atomic E-state index is 0.506. The van der Waals surface area contributed by atoms with Crippen molar-refractivity contribution in [2.45, 2.75) is 0 Å². The molecular weight excluding hydrogens is 592 g/mol. The number of pyridine rings is 1. The molecule has 0 bridgehead atoms. The van der Waals surface area contributed by atoms with E-state index >= 15 is 0 Å². The van der Waals surface area contributed by atoms with Crippen molar-refractivity contribution >= 4 is 54.6 Å². The molecule has 0 saturated heterocycles. The molecule has 10 aromatic rings. The van der Waals surface area contributed by atoms with Crippen LogP contribution in [0.15, 0.2) is 155 Å². The first kappa shape index (κ1) is 26.5. The van der Waals surface area contributed by atoms with Crippen LogP contribution < -0.4 is 0 Å². The Morgan fingerprint density at radius 3 is 2.04 bits per heavy atom. The third-order valence-electron chi connectivity index (χ3n) is 9.02. The summed E-state index contributed by atoms with van der Waals surface area (Å²) in [7, 11) is 0. The minimum Gasteiger partial charge on any atom is -0.455 e. The molecule has 6 nitrogen and oxygen atoms in total. The van der Waals surface area contributed by atoms with E-state index in [4.69, 9.17) is 23.8 Å². The Morgan fingerprint density at radius 1 is 0.396 bits per heavy atom. The first-order valence-electron chi connectivity index (χ1n) is 15.8. The maximum atomic E-state index is 6.44. The first-order valence-corrected chi connectivity index (χ1v) is 15.8. The smallest absolute Gasteiger partial charge is 0.167 e. The molecule has 0 spiro atoms. The molecule has 0 fully saturated rings. The molecule has 6 aromatic carbocycles. The van der Waals surface area contributed by atoms with Crippen LogP contribution in [0.2, 0.25) is 0 Å². The van der Waals surface area contributed by atoms with Crippen LogP contribution in [0.4, 0.5) is 0 Å². The highest BCUT2D eigenvalue weighted by molar-refractivity contribution is 6.12. The highest BCUT2D eigenvalue weighted by Crippen LogP contribution is 2.39. The quantitative estimate of drug-likeness (QED) is 0.196. The zero-order chi connectivity index (χ0) is 31.6. The van der Waals surface area contributed by atoms with Gasteiger partial charge in [0.25, 0.3) is 0 Å². The van der Waals surface area contributed by atoms with Crippen LogP contribution in [0.25, 0.3) is 99.9 Å². The molecule has 0 aliphatic carbocycles. The van der Waals surface area contributed by atoms with E-state index in [0.717, 1.165) is 66.1 Å². The molecule has 0 saturated carbocycles. The Balaban J connectivity index is 1.18. The number of benzene rings is 6. The molecule has 48 heavy (non-hydrogen) atoms. The van der Waals surface area contributed by atoms with Crippen LogP contribution in [0.5, 0.6) is 0 Å². The molecule has 0 radical (unpaired) electrons. The average molecular weight is 617 g/mol. The first-order chi connectivity index (χ1) is 23.8. The lowest BCUT2D eigenvalue weighted by molar-refractivity contribution is 0.667. The van der Waals surface area contributed by atoms with Gasteiger partial charge in [0.05, 0.1) is 11.8 Å². The number of rotatable bonds is 4. The SMILES string of the molecule is c1ccc(-c2nc(-c3cccc4c3oc3ccccc34)nc(-c3cncc4oc5cc(-c6ccc7ccccc7c6)ccc5c34)n2)cc1. The van der Waals surface area contributed by atoms with Gasteiger partial charge in [0.15, 0.2) is 23.1 Å². The van der Waals surface area contributed by atoms with E-state index in [1.807, 2.05) is 66.9 Å². The number of aromatic nitrogens is 4. The topological polar surface area (TPSA) is 77.8 Å². The van der Waals surface area contributed by atoms with Crippen molar-refractivity contribution in [1.29, 1.82) is 0 Å². The zero-order valence-electron chi connectivity index (χ0n) is 25.5. The molecule has 224 valence electrons. The largest absolute Gasteiger partial charge is 0.455 e. The molecule has 0 aliphatic heterocycles. The molecule has 4 aromatic heterocycles. The highest BCUT2D eigenvalue weighted by atomic mass is 16.3. The van der Waals surface area contributed by atoms with Crippen molar-refractivity contribution in [3.63, 3.8) is 0 Å². The van der Waals surface area contributed by atoms with Gasteiger partial charge in [-0.25, -0.2) is 15.0 Å². The van der Waals surface area contributed by atoms with Gasteiger partial charge >= 0.3 is 0 Å². The van der Waals surface area contributed by atoms with E-state index < -0.39 is 0 Å². The van der Waals surface area contributed by atoms with Gasteiger partial charge in [0, 0.05) is 38.9 Å². The average Bonchev–Trinajstić information content (AvgIpc) is 3.73. The van der Waals surface area contributed by atoms with E-state index in [-0.39, 0.29) is 0 Å². The van der Waals surface area contributed by atoms with Gasteiger partial charge in [-0.1, -0.05) is 103 Å². The predicted molar refractivity (Wildman–Crippen MR) is 191 cm³/mol. The summed E-state index contributed by atoms with van der Waals surface area (Å²) in [5.41, 5.74) is 7.65. The second-order valence-corrected chi connectivity index (χ2v) is 11.9. The highest BCUT2D eigenvalue weighted by Gasteiger charge is 2.21. The third-order valence-corrected chi connectivity index (χ3v) is 9.02. The molecule has 6 heteroatoms. The number of nitrogens with zero attached hydrogens (tertiary/aromatic N) is 4. The van der Waals surface area contributed by atoms with Gasteiger partial charge in [0.2, 0.25) is 0 Å². The summed E-state index contributed by atoms with van der Waals surface area (Å²) in [6.45, 7) is 0. The Kier molecular flexibility index (Phi) is 5.77. The molecule has 0 amide bonds. The maximum absolute atomic E-state index is 6.44. The number of furan rings is 2. The van der Waals surface area contributed by atoms with Gasteiger partial charge in [0.1, 0.15) is 16.7 Å². The van der Waals surface area contributed by atoms with Crippen molar-refractivity contribution in [3.8, 4) is 45.3 Å². The standard InChI is InChI=1S/C42H24N4O2/c1-2-10-26(11-3-1)40-44-41(33-15-8-14-31-30-13-6-7-16-35(30)48-39(31)33)46-42(45-40)34-23-43-24-37-38(34)32-20-19-29(22-36(32)47-37)28-18-17-25-9-4-5-12-27(25)21-28/h1-24H. The Hall–Kier alpha value is -6.66. The summed E-state index contributed by atoms with van der Waals surface area (Å²) < 4.78 is 12.8. The van der Waals surface area contributed by atoms with Crippen LogP contribution >= 0.6 is 0 Å². The van der Waals surface area contributed by atoms with Crippen molar-refractivity contribution in [1.82, 2.24) is 19.9 Å². The number of hydrogen-bond donors (Lipinski definition) is 0. The molecule has 4 heterocycles. The van der Waals surface area contributed by atoms with E-state index in [1.54, 1.807) is 6.20 Å². The summed E-state index contributed by atoms with van der Waals surface area (Å²) in [6, 6.07) is 45.4. The van der Waals surface area contributed by atoms with Gasteiger partial charge in [-0.3, -0.25) is 4.98 Å². The molecule has 0 unspecified atom stereocenters. The summed E-state index contributed by atoms with van der Waals surface area (Å²) >= 11 is 0. The molecule has 0 N–H and O–H groups in total. The lowest BCUT2D eigenvalue weighted by Crippen LogP contribution is -2.00. The van der Waals surface area contributed by atoms with Gasteiger partial charge < -0.3 is 8.83 Å². The Morgan fingerprint density at radius 2 is 1.12 bits per heavy atom. The van der Waals surface area contributed by atoms with Crippen LogP contribution in [0.3, 0.4) is 0 Å². The summed E-state index contributed by atoms with van der Waals surface area (Å²) in [5, 5.41) is 6.35. The Labute approximate surface area is 274 Å². The van der Waals surface area contributed by atoms with E-state index in [9.17, 15) is 0 Å². The van der Waals surface area contributed by atoms with Gasteiger partial charge in [-0.15, -0.1) is 0 Å². The lowest BCUT2D eigenvalue weighted by Gasteiger charge is -2.09. The minimum absolute atomic E-state index is 0.506. The van der Waals surface area contributed by atoms with Crippen LogP contribution in [0, 0.1) is 0 Å². The monoisotopic (exact) mass is 616 g/mol. The number of fused-ring (bicyclic) bond motifs is 7. The second-order valence-electron chi connectivity index (χ2n) is 11.9. The fourth-order valence-electron chi connectivity index (χ4n) is 6.70. The summed E-state index contributed by atoms with van der Waals surface area (Å²) in [6.07, 6.45) is 3.56. The lowest BCUT2D eigenvalue weighted by atomic mass is 9.99. The predicted octanol–water partition coefficient (Wildman–Crippen LogP) is 10.9. The van der Waals surface area contributed by atoms with Crippen molar-refractivity contribution in [2.24, 2.45) is 0 Å². The van der Waals surface area contributed by atoms with Crippen LogP contribution in [-0.4, -0.2) is 19.9 Å². The fourth-order valence-corrected chi connectivity index (χ4v) is 6.70. The third kappa shape index (κ3) is 4.20. The zero-order valence-corrected chi connectivity index (χ0v) is 25.5. The molecule has 10 rings (SSSR count). The normalized spacial score (nSPS) is 11.8. The summed E-state index contributed by atoms with van der Waals surface area (Å²) in [5.74, 6) is 1.59. The van der Waals surface area contributed by atoms with Gasteiger partial charge in [-0.05, 0) is 52.2 Å². The molecule has 0 atom stereocenters. The van der Waals surface area contributed by atoms with Crippen molar-refractivity contribution in [3.05, 3.63) is 146 Å². The van der Waals surface area contributed by atoms with Crippen molar-refractivity contribution < 1.29 is 8.83 Å². The van der Waals surface area contributed by atoms with Crippen molar-refractivity contribution in [2.75, 3.05) is 0 Å². The number of hydrogen-bond acceptors (Lipinski definition) is 6. The van der Waals surface area contributed by atoms with Crippen LogP contribution in [-0.2, 0) is 0 Å². The van der Waals surface area contributed by atoms with E-state index in [2.05, 4.69) is 77.8 Å². The Bertz CT molecular complexity index is 2850. The maximum Gasteiger partial charge on any atom is 0.167 e. The van der Waals surface area contributed by atoms with E-state index in [1.165, 1.54) is 10.8 Å². The van der Waals surface area contributed by atoms with Gasteiger partial charge in [-0.2, -0.15) is 0 Å². The fraction of sp³-hybridized carbons (Fsp3) is 0. The number of para-hydroxylation sites is 2. The molecule has 0 aliphatic rings. The van der Waals surface area contributed by atoms with Crippen LogP contribution in [0.1, 0.15) is 0 Å².